The van der Waals surface area contributed by atoms with Crippen LogP contribution in [0.5, 0.6) is 0 Å². The van der Waals surface area contributed by atoms with E-state index in [4.69, 9.17) is 0 Å². The van der Waals surface area contributed by atoms with E-state index in [0.717, 1.165) is 19.1 Å². The predicted octanol–water partition coefficient (Wildman–Crippen LogP) is 2.54. The van der Waals surface area contributed by atoms with E-state index in [1.165, 1.54) is 42.5 Å². The summed E-state index contributed by atoms with van der Waals surface area (Å²) in [7, 11) is 0. The minimum Gasteiger partial charge on any atom is -0.314 e. The standard InChI is InChI=1S/C15H24N2/c1-12-5-6-14(10-13(12)2)11-16-9-7-15-4-3-8-17-15/h5-6,10,15-17H,3-4,7-9,11H2,1-2H3. The van der Waals surface area contributed by atoms with E-state index in [1.54, 1.807) is 0 Å². The molecule has 0 aromatic heterocycles. The molecule has 1 heterocycles. The van der Waals surface area contributed by atoms with Gasteiger partial charge in [0.25, 0.3) is 0 Å². The largest absolute Gasteiger partial charge is 0.314 e. The summed E-state index contributed by atoms with van der Waals surface area (Å²) in [6.45, 7) is 7.67. The molecule has 1 saturated heterocycles. The molecule has 0 bridgehead atoms. The SMILES string of the molecule is Cc1ccc(CNCCC2CCCN2)cc1C. The van der Waals surface area contributed by atoms with E-state index in [0.29, 0.717) is 0 Å². The van der Waals surface area contributed by atoms with Crippen molar-refractivity contribution in [2.24, 2.45) is 0 Å². The first-order chi connectivity index (χ1) is 8.25. The van der Waals surface area contributed by atoms with Crippen molar-refractivity contribution in [2.45, 2.75) is 45.7 Å². The van der Waals surface area contributed by atoms with Gasteiger partial charge in [-0.1, -0.05) is 18.2 Å². The van der Waals surface area contributed by atoms with Crippen molar-refractivity contribution in [3.63, 3.8) is 0 Å². The fourth-order valence-corrected chi connectivity index (χ4v) is 2.43. The second-order valence-corrected chi connectivity index (χ2v) is 5.18. The van der Waals surface area contributed by atoms with Crippen molar-refractivity contribution in [3.05, 3.63) is 34.9 Å². The normalized spacial score (nSPS) is 19.8. The first-order valence-electron chi connectivity index (χ1n) is 6.76. The van der Waals surface area contributed by atoms with Crippen LogP contribution in [-0.2, 0) is 6.54 Å². The Hall–Kier alpha value is -0.860. The smallest absolute Gasteiger partial charge is 0.0205 e. The predicted molar refractivity (Wildman–Crippen MR) is 73.3 cm³/mol. The average molecular weight is 232 g/mol. The van der Waals surface area contributed by atoms with Crippen LogP contribution >= 0.6 is 0 Å². The molecule has 0 radical (unpaired) electrons. The highest BCUT2D eigenvalue weighted by atomic mass is 14.9. The van der Waals surface area contributed by atoms with E-state index in [2.05, 4.69) is 42.7 Å². The molecule has 2 N–H and O–H groups in total. The first-order valence-corrected chi connectivity index (χ1v) is 6.76. The minimum absolute atomic E-state index is 0.752. The average Bonchev–Trinajstić information content (AvgIpc) is 2.82. The maximum absolute atomic E-state index is 3.54. The number of rotatable bonds is 5. The Morgan fingerprint density at radius 3 is 2.88 bits per heavy atom. The van der Waals surface area contributed by atoms with Crippen LogP contribution in [0.25, 0.3) is 0 Å². The number of nitrogens with one attached hydrogen (secondary N) is 2. The van der Waals surface area contributed by atoms with Gasteiger partial charge in [0.05, 0.1) is 0 Å². The molecule has 1 atom stereocenters. The summed E-state index contributed by atoms with van der Waals surface area (Å²) < 4.78 is 0. The number of aryl methyl sites for hydroxylation is 2. The summed E-state index contributed by atoms with van der Waals surface area (Å²) in [5.41, 5.74) is 4.16. The lowest BCUT2D eigenvalue weighted by Crippen LogP contribution is -2.26. The van der Waals surface area contributed by atoms with Crippen molar-refractivity contribution in [3.8, 4) is 0 Å². The summed E-state index contributed by atoms with van der Waals surface area (Å²) in [6.07, 6.45) is 3.96. The van der Waals surface area contributed by atoms with Crippen LogP contribution in [0, 0.1) is 13.8 Å². The van der Waals surface area contributed by atoms with E-state index >= 15 is 0 Å². The lowest BCUT2D eigenvalue weighted by atomic mass is 10.1. The zero-order valence-electron chi connectivity index (χ0n) is 11.1. The van der Waals surface area contributed by atoms with Gasteiger partial charge in [-0.3, -0.25) is 0 Å². The Balaban J connectivity index is 1.68. The summed E-state index contributed by atoms with van der Waals surface area (Å²) in [5, 5.41) is 7.07. The zero-order chi connectivity index (χ0) is 12.1. The second kappa shape index (κ2) is 6.18. The second-order valence-electron chi connectivity index (χ2n) is 5.18. The monoisotopic (exact) mass is 232 g/mol. The summed E-state index contributed by atoms with van der Waals surface area (Å²) in [6, 6.07) is 7.48. The van der Waals surface area contributed by atoms with Crippen LogP contribution in [-0.4, -0.2) is 19.1 Å². The van der Waals surface area contributed by atoms with Crippen LogP contribution in [0.4, 0.5) is 0 Å². The Morgan fingerprint density at radius 2 is 2.18 bits per heavy atom. The molecule has 1 fully saturated rings. The van der Waals surface area contributed by atoms with Crippen molar-refractivity contribution in [2.75, 3.05) is 13.1 Å². The van der Waals surface area contributed by atoms with E-state index in [1.807, 2.05) is 0 Å². The maximum Gasteiger partial charge on any atom is 0.0205 e. The molecule has 0 aliphatic carbocycles. The van der Waals surface area contributed by atoms with Crippen LogP contribution in [0.15, 0.2) is 18.2 Å². The van der Waals surface area contributed by atoms with E-state index < -0.39 is 0 Å². The third-order valence-electron chi connectivity index (χ3n) is 3.73. The van der Waals surface area contributed by atoms with Gasteiger partial charge >= 0.3 is 0 Å². The Morgan fingerprint density at radius 1 is 1.29 bits per heavy atom. The van der Waals surface area contributed by atoms with Crippen molar-refractivity contribution in [1.29, 1.82) is 0 Å². The third kappa shape index (κ3) is 3.83. The highest BCUT2D eigenvalue weighted by Gasteiger charge is 2.12. The van der Waals surface area contributed by atoms with Gasteiger partial charge < -0.3 is 10.6 Å². The summed E-state index contributed by atoms with van der Waals surface area (Å²) in [5.74, 6) is 0. The summed E-state index contributed by atoms with van der Waals surface area (Å²) in [4.78, 5) is 0. The van der Waals surface area contributed by atoms with Gasteiger partial charge in [-0.2, -0.15) is 0 Å². The van der Waals surface area contributed by atoms with Crippen LogP contribution < -0.4 is 10.6 Å². The fourth-order valence-electron chi connectivity index (χ4n) is 2.43. The molecule has 94 valence electrons. The highest BCUT2D eigenvalue weighted by molar-refractivity contribution is 5.29. The lowest BCUT2D eigenvalue weighted by Gasteiger charge is -2.11. The molecule has 1 aromatic carbocycles. The van der Waals surface area contributed by atoms with Crippen molar-refractivity contribution >= 4 is 0 Å². The fraction of sp³-hybridized carbons (Fsp3) is 0.600. The molecule has 0 amide bonds. The van der Waals surface area contributed by atoms with Gasteiger partial charge in [-0.15, -0.1) is 0 Å². The number of hydrogen-bond acceptors (Lipinski definition) is 2. The lowest BCUT2D eigenvalue weighted by molar-refractivity contribution is 0.523. The topological polar surface area (TPSA) is 24.1 Å². The third-order valence-corrected chi connectivity index (χ3v) is 3.73. The Labute approximate surface area is 105 Å². The quantitative estimate of drug-likeness (QED) is 0.762. The molecular formula is C15H24N2. The van der Waals surface area contributed by atoms with E-state index in [9.17, 15) is 0 Å². The van der Waals surface area contributed by atoms with Gasteiger partial charge in [-0.25, -0.2) is 0 Å². The molecule has 1 aliphatic heterocycles. The Bertz CT molecular complexity index is 354. The van der Waals surface area contributed by atoms with E-state index in [-0.39, 0.29) is 0 Å². The molecule has 0 spiro atoms. The van der Waals surface area contributed by atoms with Gasteiger partial charge in [-0.05, 0) is 62.9 Å². The highest BCUT2D eigenvalue weighted by Crippen LogP contribution is 2.10. The molecule has 2 nitrogen and oxygen atoms in total. The van der Waals surface area contributed by atoms with Crippen molar-refractivity contribution < 1.29 is 0 Å². The van der Waals surface area contributed by atoms with Crippen LogP contribution in [0.2, 0.25) is 0 Å². The molecule has 1 aromatic rings. The van der Waals surface area contributed by atoms with Crippen LogP contribution in [0.3, 0.4) is 0 Å². The molecule has 0 saturated carbocycles. The van der Waals surface area contributed by atoms with Crippen LogP contribution in [0.1, 0.15) is 36.0 Å². The Kier molecular flexibility index (Phi) is 4.57. The molecule has 1 aliphatic rings. The number of benzene rings is 1. The molecule has 1 unspecified atom stereocenters. The number of hydrogen-bond donors (Lipinski definition) is 2. The van der Waals surface area contributed by atoms with Gasteiger partial charge in [0.2, 0.25) is 0 Å². The first kappa shape index (κ1) is 12.6. The zero-order valence-corrected chi connectivity index (χ0v) is 11.1. The van der Waals surface area contributed by atoms with Gasteiger partial charge in [0, 0.05) is 12.6 Å². The van der Waals surface area contributed by atoms with Gasteiger partial charge in [0.15, 0.2) is 0 Å². The van der Waals surface area contributed by atoms with Crippen molar-refractivity contribution in [1.82, 2.24) is 10.6 Å². The summed E-state index contributed by atoms with van der Waals surface area (Å²) >= 11 is 0. The van der Waals surface area contributed by atoms with Gasteiger partial charge in [0.1, 0.15) is 0 Å². The maximum atomic E-state index is 3.54. The molecular weight excluding hydrogens is 208 g/mol. The molecule has 17 heavy (non-hydrogen) atoms. The molecule has 2 heteroatoms. The minimum atomic E-state index is 0.752. The molecule has 2 rings (SSSR count).